The lowest BCUT2D eigenvalue weighted by atomic mass is 9.91. The average Bonchev–Trinajstić information content (AvgIpc) is 2.28. The number of aromatic amines is 2. The topological polar surface area (TPSA) is 65.7 Å². The third kappa shape index (κ3) is 1.38. The maximum Gasteiger partial charge on any atom is 0.314 e. The number of aromatic nitrogens is 2. The van der Waals surface area contributed by atoms with Gasteiger partial charge in [0.25, 0.3) is 0 Å². The highest BCUT2D eigenvalue weighted by atomic mass is 16.2. The molecule has 0 bridgehead atoms. The van der Waals surface area contributed by atoms with Crippen molar-refractivity contribution >= 4 is 11.0 Å². The lowest BCUT2D eigenvalue weighted by Crippen LogP contribution is -2.29. The van der Waals surface area contributed by atoms with Crippen LogP contribution in [-0.4, -0.2) is 9.97 Å². The van der Waals surface area contributed by atoms with Gasteiger partial charge in [-0.3, -0.25) is 9.59 Å². The van der Waals surface area contributed by atoms with Gasteiger partial charge in [-0.2, -0.15) is 0 Å². The predicted molar refractivity (Wildman–Crippen MR) is 61.8 cm³/mol. The number of nitrogens with one attached hydrogen (secondary N) is 2. The summed E-state index contributed by atoms with van der Waals surface area (Å²) in [5.41, 5.74) is 2.88. The first-order valence-corrected chi connectivity index (χ1v) is 5.52. The molecule has 0 saturated heterocycles. The molecule has 0 fully saturated rings. The van der Waals surface area contributed by atoms with Crippen molar-refractivity contribution < 1.29 is 0 Å². The van der Waals surface area contributed by atoms with E-state index in [1.54, 1.807) is 0 Å². The van der Waals surface area contributed by atoms with Crippen molar-refractivity contribution in [2.75, 3.05) is 0 Å². The van der Waals surface area contributed by atoms with Gasteiger partial charge in [0.15, 0.2) is 0 Å². The Kier molecular flexibility index (Phi) is 1.96. The van der Waals surface area contributed by atoms with E-state index >= 15 is 0 Å². The van der Waals surface area contributed by atoms with Crippen LogP contribution in [0.5, 0.6) is 0 Å². The third-order valence-corrected chi connectivity index (χ3v) is 3.18. The summed E-state index contributed by atoms with van der Waals surface area (Å²) in [5.74, 6) is 0. The van der Waals surface area contributed by atoms with Crippen molar-refractivity contribution in [1.82, 2.24) is 9.97 Å². The Morgan fingerprint density at radius 2 is 1.25 bits per heavy atom. The highest BCUT2D eigenvalue weighted by Crippen LogP contribution is 2.23. The van der Waals surface area contributed by atoms with Gasteiger partial charge < -0.3 is 9.97 Å². The molecule has 2 aromatic rings. The standard InChI is InChI=1S/C12H12N2O2/c15-11-12(16)14-10-6-8-4-2-1-3-7(8)5-9(10)13-11/h5-6H,1-4H2,(H,13,15)(H,14,16). The maximum absolute atomic E-state index is 11.2. The maximum atomic E-state index is 11.2. The molecule has 3 rings (SSSR count). The molecule has 0 radical (unpaired) electrons. The highest BCUT2D eigenvalue weighted by Gasteiger charge is 2.11. The smallest absolute Gasteiger partial charge is 0.314 e. The Balaban J connectivity index is 2.36. The van der Waals surface area contributed by atoms with Gasteiger partial charge in [-0.1, -0.05) is 0 Å². The molecule has 2 N–H and O–H groups in total. The van der Waals surface area contributed by atoms with E-state index in [-0.39, 0.29) is 0 Å². The normalized spacial score (nSPS) is 15.0. The molecule has 4 nitrogen and oxygen atoms in total. The highest BCUT2D eigenvalue weighted by molar-refractivity contribution is 5.76. The van der Waals surface area contributed by atoms with Gasteiger partial charge >= 0.3 is 11.1 Å². The van der Waals surface area contributed by atoms with Crippen LogP contribution < -0.4 is 11.1 Å². The van der Waals surface area contributed by atoms with E-state index in [1.165, 1.54) is 24.0 Å². The summed E-state index contributed by atoms with van der Waals surface area (Å²) in [7, 11) is 0. The minimum Gasteiger partial charge on any atom is -0.316 e. The van der Waals surface area contributed by atoms with E-state index in [4.69, 9.17) is 0 Å². The average molecular weight is 216 g/mol. The Labute approximate surface area is 91.3 Å². The molecule has 1 aliphatic carbocycles. The first kappa shape index (κ1) is 9.39. The van der Waals surface area contributed by atoms with Crippen LogP contribution >= 0.6 is 0 Å². The molecule has 1 aromatic heterocycles. The molecular weight excluding hydrogens is 204 g/mol. The lowest BCUT2D eigenvalue weighted by molar-refractivity contribution is 0.686. The fraction of sp³-hybridized carbons (Fsp3) is 0.333. The molecule has 0 atom stereocenters. The molecule has 0 saturated carbocycles. The van der Waals surface area contributed by atoms with Crippen LogP contribution in [0.15, 0.2) is 21.7 Å². The molecule has 4 heteroatoms. The van der Waals surface area contributed by atoms with Crippen LogP contribution in [0.2, 0.25) is 0 Å². The molecule has 1 aromatic carbocycles. The number of benzene rings is 1. The number of rotatable bonds is 0. The van der Waals surface area contributed by atoms with Crippen LogP contribution in [0.25, 0.3) is 11.0 Å². The zero-order valence-electron chi connectivity index (χ0n) is 8.80. The SMILES string of the molecule is O=c1[nH]c2cc3c(cc2[nH]c1=O)CCCC3. The van der Waals surface area contributed by atoms with Gasteiger partial charge in [-0.25, -0.2) is 0 Å². The van der Waals surface area contributed by atoms with Crippen LogP contribution in [0.4, 0.5) is 0 Å². The van der Waals surface area contributed by atoms with Gasteiger partial charge in [-0.15, -0.1) is 0 Å². The summed E-state index contributed by atoms with van der Waals surface area (Å²) in [5, 5.41) is 0. The Hall–Kier alpha value is -1.84. The van der Waals surface area contributed by atoms with E-state index in [0.717, 1.165) is 23.9 Å². The fourth-order valence-electron chi connectivity index (χ4n) is 2.35. The van der Waals surface area contributed by atoms with Crippen LogP contribution in [0.3, 0.4) is 0 Å². The van der Waals surface area contributed by atoms with Gasteiger partial charge in [0, 0.05) is 0 Å². The number of aryl methyl sites for hydroxylation is 2. The number of fused-ring (bicyclic) bond motifs is 2. The fourth-order valence-corrected chi connectivity index (χ4v) is 2.35. The first-order valence-electron chi connectivity index (χ1n) is 5.52. The monoisotopic (exact) mass is 216 g/mol. The quantitative estimate of drug-likeness (QED) is 0.647. The molecule has 82 valence electrons. The van der Waals surface area contributed by atoms with Crippen molar-refractivity contribution in [3.63, 3.8) is 0 Å². The molecule has 16 heavy (non-hydrogen) atoms. The minimum atomic E-state index is -0.580. The number of hydrogen-bond donors (Lipinski definition) is 2. The summed E-state index contributed by atoms with van der Waals surface area (Å²) in [6, 6.07) is 3.97. The van der Waals surface area contributed by atoms with Crippen LogP contribution in [0.1, 0.15) is 24.0 Å². The summed E-state index contributed by atoms with van der Waals surface area (Å²) in [6.45, 7) is 0. The second-order valence-corrected chi connectivity index (χ2v) is 4.28. The molecule has 0 aliphatic heterocycles. The van der Waals surface area contributed by atoms with Crippen molar-refractivity contribution in [2.45, 2.75) is 25.7 Å². The van der Waals surface area contributed by atoms with Gasteiger partial charge in [0.1, 0.15) is 0 Å². The molecule has 0 spiro atoms. The summed E-state index contributed by atoms with van der Waals surface area (Å²) in [4.78, 5) is 27.6. The summed E-state index contributed by atoms with van der Waals surface area (Å²) >= 11 is 0. The number of hydrogen-bond acceptors (Lipinski definition) is 2. The second-order valence-electron chi connectivity index (χ2n) is 4.28. The molecular formula is C12H12N2O2. The molecule has 1 aliphatic rings. The largest absolute Gasteiger partial charge is 0.316 e. The van der Waals surface area contributed by atoms with Crippen LogP contribution in [-0.2, 0) is 12.8 Å². The molecule has 0 unspecified atom stereocenters. The number of H-pyrrole nitrogens is 2. The Morgan fingerprint density at radius 3 is 1.69 bits per heavy atom. The van der Waals surface area contributed by atoms with Crippen molar-refractivity contribution in [2.24, 2.45) is 0 Å². The van der Waals surface area contributed by atoms with E-state index in [1.807, 2.05) is 12.1 Å². The molecule has 1 heterocycles. The Morgan fingerprint density at radius 1 is 0.812 bits per heavy atom. The summed E-state index contributed by atoms with van der Waals surface area (Å²) in [6.07, 6.45) is 4.52. The molecule has 0 amide bonds. The van der Waals surface area contributed by atoms with Gasteiger partial charge in [0.2, 0.25) is 0 Å². The van der Waals surface area contributed by atoms with Crippen molar-refractivity contribution in [1.29, 1.82) is 0 Å². The van der Waals surface area contributed by atoms with Crippen LogP contribution in [0, 0.1) is 0 Å². The van der Waals surface area contributed by atoms with E-state index in [9.17, 15) is 9.59 Å². The Bertz CT molecular complexity index is 608. The van der Waals surface area contributed by atoms with Crippen molar-refractivity contribution in [3.8, 4) is 0 Å². The van der Waals surface area contributed by atoms with Gasteiger partial charge in [0.05, 0.1) is 11.0 Å². The summed E-state index contributed by atoms with van der Waals surface area (Å²) < 4.78 is 0. The second kappa shape index (κ2) is 3.33. The third-order valence-electron chi connectivity index (χ3n) is 3.18. The zero-order chi connectivity index (χ0) is 11.1. The van der Waals surface area contributed by atoms with Gasteiger partial charge in [-0.05, 0) is 48.9 Å². The first-order chi connectivity index (χ1) is 7.74. The zero-order valence-corrected chi connectivity index (χ0v) is 8.80. The lowest BCUT2D eigenvalue weighted by Gasteiger charge is -2.15. The van der Waals surface area contributed by atoms with E-state index < -0.39 is 11.1 Å². The van der Waals surface area contributed by atoms with Crippen molar-refractivity contribution in [3.05, 3.63) is 44.0 Å². The van der Waals surface area contributed by atoms with E-state index in [2.05, 4.69) is 9.97 Å². The predicted octanol–water partition coefficient (Wildman–Crippen LogP) is 1.10. The minimum absolute atomic E-state index is 0.580. The van der Waals surface area contributed by atoms with E-state index in [0.29, 0.717) is 0 Å².